The molecule has 0 saturated heterocycles. The molecular weight excluding hydrogens is 461 g/mol. The zero-order valence-electron chi connectivity index (χ0n) is 19.3. The van der Waals surface area contributed by atoms with E-state index in [0.717, 1.165) is 0 Å². The number of benzene rings is 2. The maximum absolute atomic E-state index is 14.1. The van der Waals surface area contributed by atoms with Crippen molar-refractivity contribution in [2.24, 2.45) is 5.41 Å². The Bertz CT molecular complexity index is 1210. The molecule has 2 aromatic carbocycles. The Balaban J connectivity index is 1.75. The standard InChI is InChI=1S/C24H27ClFN5O3/c1-24(2,3)14-30(12-20(33)27-11-16-7-6-9-18(25)22(16)26)21(34)13-31-19-10-5-4-8-17(19)23(29-31)28-15-32/h4-10,15H,11-14H2,1-3H3,(H,27,33)(H,28,29,32). The second-order valence-electron chi connectivity index (χ2n) is 9.09. The van der Waals surface area contributed by atoms with E-state index in [2.05, 4.69) is 15.7 Å². The molecule has 0 saturated carbocycles. The summed E-state index contributed by atoms with van der Waals surface area (Å²) in [5.74, 6) is -0.977. The van der Waals surface area contributed by atoms with Crippen LogP contribution in [0.4, 0.5) is 10.2 Å². The van der Waals surface area contributed by atoms with Crippen LogP contribution in [0.5, 0.6) is 0 Å². The third-order valence-corrected chi connectivity index (χ3v) is 5.29. The van der Waals surface area contributed by atoms with E-state index in [-0.39, 0.29) is 41.5 Å². The molecule has 34 heavy (non-hydrogen) atoms. The van der Waals surface area contributed by atoms with Crippen molar-refractivity contribution in [2.75, 3.05) is 18.4 Å². The van der Waals surface area contributed by atoms with Crippen LogP contribution >= 0.6 is 11.6 Å². The number of anilines is 1. The van der Waals surface area contributed by atoms with Gasteiger partial charge < -0.3 is 15.5 Å². The lowest BCUT2D eigenvalue weighted by molar-refractivity contribution is -0.138. The fourth-order valence-electron chi connectivity index (χ4n) is 3.55. The molecule has 0 spiro atoms. The third kappa shape index (κ3) is 6.32. The van der Waals surface area contributed by atoms with Crippen LogP contribution in [-0.4, -0.2) is 46.0 Å². The molecule has 3 rings (SSSR count). The summed E-state index contributed by atoms with van der Waals surface area (Å²) < 4.78 is 15.6. The van der Waals surface area contributed by atoms with Gasteiger partial charge in [0.15, 0.2) is 5.82 Å². The topological polar surface area (TPSA) is 96.3 Å². The third-order valence-electron chi connectivity index (χ3n) is 5.00. The summed E-state index contributed by atoms with van der Waals surface area (Å²) in [7, 11) is 0. The molecule has 0 radical (unpaired) electrons. The van der Waals surface area contributed by atoms with Crippen LogP contribution in [0.15, 0.2) is 42.5 Å². The van der Waals surface area contributed by atoms with Crippen LogP contribution < -0.4 is 10.6 Å². The first kappa shape index (κ1) is 25.2. The van der Waals surface area contributed by atoms with Crippen molar-refractivity contribution in [1.82, 2.24) is 20.0 Å². The number of para-hydroxylation sites is 1. The number of hydrogen-bond acceptors (Lipinski definition) is 4. The molecule has 3 amide bonds. The Morgan fingerprint density at radius 3 is 2.62 bits per heavy atom. The zero-order chi connectivity index (χ0) is 24.9. The van der Waals surface area contributed by atoms with Gasteiger partial charge in [-0.3, -0.25) is 19.1 Å². The second kappa shape index (κ2) is 10.6. The first-order valence-electron chi connectivity index (χ1n) is 10.7. The molecule has 1 heterocycles. The number of fused-ring (bicyclic) bond motifs is 1. The number of rotatable bonds is 9. The van der Waals surface area contributed by atoms with Crippen molar-refractivity contribution in [3.63, 3.8) is 0 Å². The van der Waals surface area contributed by atoms with Crippen molar-refractivity contribution in [2.45, 2.75) is 33.9 Å². The highest BCUT2D eigenvalue weighted by Gasteiger charge is 2.24. The lowest BCUT2D eigenvalue weighted by atomic mass is 9.96. The van der Waals surface area contributed by atoms with Gasteiger partial charge in [0, 0.05) is 24.0 Å². The predicted molar refractivity (Wildman–Crippen MR) is 129 cm³/mol. The van der Waals surface area contributed by atoms with Crippen molar-refractivity contribution >= 4 is 46.5 Å². The Morgan fingerprint density at radius 1 is 1.18 bits per heavy atom. The summed E-state index contributed by atoms with van der Waals surface area (Å²) in [6.07, 6.45) is 0.528. The molecular formula is C24H27ClFN5O3. The largest absolute Gasteiger partial charge is 0.350 e. The summed E-state index contributed by atoms with van der Waals surface area (Å²) in [4.78, 5) is 38.2. The fourth-order valence-corrected chi connectivity index (χ4v) is 3.75. The van der Waals surface area contributed by atoms with Crippen LogP contribution in [0.3, 0.4) is 0 Å². The quantitative estimate of drug-likeness (QED) is 0.451. The number of carbonyl (C=O) groups excluding carboxylic acids is 3. The average molecular weight is 488 g/mol. The van der Waals surface area contributed by atoms with Crippen LogP contribution in [-0.2, 0) is 27.5 Å². The van der Waals surface area contributed by atoms with E-state index in [4.69, 9.17) is 11.6 Å². The SMILES string of the molecule is CC(C)(C)CN(CC(=O)NCc1cccc(Cl)c1F)C(=O)Cn1nc(NC=O)c2ccccc21. The molecule has 0 aliphatic heterocycles. The smallest absolute Gasteiger partial charge is 0.244 e. The van der Waals surface area contributed by atoms with E-state index in [1.165, 1.54) is 21.7 Å². The van der Waals surface area contributed by atoms with Gasteiger partial charge in [0.2, 0.25) is 18.2 Å². The highest BCUT2D eigenvalue weighted by molar-refractivity contribution is 6.30. The number of aromatic nitrogens is 2. The fraction of sp³-hybridized carbons (Fsp3) is 0.333. The van der Waals surface area contributed by atoms with Crippen LogP contribution in [0.2, 0.25) is 5.02 Å². The van der Waals surface area contributed by atoms with Gasteiger partial charge in [-0.1, -0.05) is 56.6 Å². The van der Waals surface area contributed by atoms with Crippen molar-refractivity contribution in [3.05, 3.63) is 58.9 Å². The van der Waals surface area contributed by atoms with Gasteiger partial charge in [0.25, 0.3) is 0 Å². The molecule has 180 valence electrons. The Kier molecular flexibility index (Phi) is 7.88. The van der Waals surface area contributed by atoms with E-state index in [1.54, 1.807) is 18.2 Å². The lowest BCUT2D eigenvalue weighted by Crippen LogP contribution is -2.45. The number of carbonyl (C=O) groups is 3. The summed E-state index contributed by atoms with van der Waals surface area (Å²) in [6.45, 7) is 5.84. The molecule has 0 aliphatic rings. The average Bonchev–Trinajstić information content (AvgIpc) is 3.11. The first-order valence-corrected chi connectivity index (χ1v) is 11.1. The Labute approximate surface area is 202 Å². The monoisotopic (exact) mass is 487 g/mol. The van der Waals surface area contributed by atoms with E-state index >= 15 is 0 Å². The second-order valence-corrected chi connectivity index (χ2v) is 9.49. The van der Waals surface area contributed by atoms with Gasteiger partial charge in [0.05, 0.1) is 17.1 Å². The van der Waals surface area contributed by atoms with Gasteiger partial charge in [-0.25, -0.2) is 4.39 Å². The van der Waals surface area contributed by atoms with Gasteiger partial charge in [0.1, 0.15) is 12.4 Å². The Hall–Kier alpha value is -3.46. The maximum Gasteiger partial charge on any atom is 0.244 e. The summed E-state index contributed by atoms with van der Waals surface area (Å²) in [5, 5.41) is 10.2. The van der Waals surface area contributed by atoms with Crippen LogP contribution in [0, 0.1) is 11.2 Å². The summed E-state index contributed by atoms with van der Waals surface area (Å²) in [5.41, 5.74) is 0.662. The summed E-state index contributed by atoms with van der Waals surface area (Å²) in [6, 6.07) is 11.8. The number of amides is 3. The van der Waals surface area contributed by atoms with Gasteiger partial charge in [-0.15, -0.1) is 0 Å². The normalized spacial score (nSPS) is 11.3. The number of nitrogens with one attached hydrogen (secondary N) is 2. The highest BCUT2D eigenvalue weighted by Crippen LogP contribution is 2.23. The van der Waals surface area contributed by atoms with Gasteiger partial charge in [-0.2, -0.15) is 5.10 Å². The molecule has 0 fully saturated rings. The van der Waals surface area contributed by atoms with E-state index < -0.39 is 11.7 Å². The maximum atomic E-state index is 14.1. The van der Waals surface area contributed by atoms with Gasteiger partial charge in [-0.05, 0) is 23.6 Å². The molecule has 0 unspecified atom stereocenters. The minimum Gasteiger partial charge on any atom is -0.350 e. The molecule has 8 nitrogen and oxygen atoms in total. The molecule has 0 bridgehead atoms. The molecule has 10 heteroatoms. The molecule has 0 atom stereocenters. The summed E-state index contributed by atoms with van der Waals surface area (Å²) >= 11 is 5.80. The van der Waals surface area contributed by atoms with E-state index in [9.17, 15) is 18.8 Å². The molecule has 1 aromatic heterocycles. The molecule has 2 N–H and O–H groups in total. The van der Waals surface area contributed by atoms with Gasteiger partial charge >= 0.3 is 0 Å². The predicted octanol–water partition coefficient (Wildman–Crippen LogP) is 3.59. The Morgan fingerprint density at radius 2 is 1.91 bits per heavy atom. The number of halogens is 2. The van der Waals surface area contributed by atoms with E-state index in [0.29, 0.717) is 29.7 Å². The van der Waals surface area contributed by atoms with Crippen LogP contribution in [0.1, 0.15) is 26.3 Å². The first-order chi connectivity index (χ1) is 16.1. The zero-order valence-corrected chi connectivity index (χ0v) is 20.0. The van der Waals surface area contributed by atoms with Crippen molar-refractivity contribution in [3.8, 4) is 0 Å². The minimum atomic E-state index is -0.586. The van der Waals surface area contributed by atoms with E-state index in [1.807, 2.05) is 32.9 Å². The number of hydrogen-bond donors (Lipinski definition) is 2. The minimum absolute atomic E-state index is 0.0221. The number of nitrogens with zero attached hydrogens (tertiary/aromatic N) is 3. The lowest BCUT2D eigenvalue weighted by Gasteiger charge is -2.29. The van der Waals surface area contributed by atoms with Crippen molar-refractivity contribution < 1.29 is 18.8 Å². The highest BCUT2D eigenvalue weighted by atomic mass is 35.5. The van der Waals surface area contributed by atoms with Crippen molar-refractivity contribution in [1.29, 1.82) is 0 Å². The molecule has 0 aliphatic carbocycles. The van der Waals surface area contributed by atoms with Crippen LogP contribution in [0.25, 0.3) is 10.9 Å². The molecule has 3 aromatic rings.